The van der Waals surface area contributed by atoms with Gasteiger partial charge in [-0.05, 0) is 23.1 Å². The molecule has 0 nitrogen and oxygen atoms in total. The highest BCUT2D eigenvalue weighted by Gasteiger charge is 2.07. The van der Waals surface area contributed by atoms with Crippen LogP contribution in [0.15, 0.2) is 23.1 Å². The van der Waals surface area contributed by atoms with Gasteiger partial charge in [0.1, 0.15) is 0 Å². The molecule has 68 valence electrons. The van der Waals surface area contributed by atoms with Crippen LogP contribution in [0, 0.1) is 0 Å². The lowest BCUT2D eigenvalue weighted by Crippen LogP contribution is -1.79. The number of thiol groups is 1. The van der Waals surface area contributed by atoms with Crippen molar-refractivity contribution in [1.29, 1.82) is 0 Å². The Hall–Kier alpha value is 0.300. The number of hydrogen-bond donors (Lipinski definition) is 1. The van der Waals surface area contributed by atoms with Crippen LogP contribution >= 0.6 is 51.5 Å². The summed E-state index contributed by atoms with van der Waals surface area (Å²) in [6.07, 6.45) is 0. The molecule has 0 radical (unpaired) electrons. The maximum Gasteiger partial charge on any atom is 0.0940 e. The molecule has 0 aliphatic heterocycles. The Labute approximate surface area is 99.4 Å². The van der Waals surface area contributed by atoms with E-state index in [0.717, 1.165) is 14.6 Å². The summed E-state index contributed by atoms with van der Waals surface area (Å²) in [5, 5.41) is 2.02. The second-order valence-corrected chi connectivity index (χ2v) is 5.39. The Morgan fingerprint density at radius 1 is 1.46 bits per heavy atom. The third-order valence-corrected chi connectivity index (χ3v) is 4.19. The van der Waals surface area contributed by atoms with Crippen molar-refractivity contribution in [2.45, 2.75) is 10.2 Å². The van der Waals surface area contributed by atoms with E-state index in [-0.39, 0.29) is 0 Å². The first-order chi connectivity index (χ1) is 6.22. The molecule has 0 bridgehead atoms. The Morgan fingerprint density at radius 3 is 2.92 bits per heavy atom. The molecule has 0 N–H and O–H groups in total. The first-order valence-corrected chi connectivity index (χ1v) is 6.44. The van der Waals surface area contributed by atoms with Gasteiger partial charge in [0.15, 0.2) is 0 Å². The number of hydrogen-bond acceptors (Lipinski definition) is 2. The molecule has 1 aromatic carbocycles. The summed E-state index contributed by atoms with van der Waals surface area (Å²) >= 11 is 15.4. The molecule has 0 spiro atoms. The molecule has 0 saturated carbocycles. The van der Waals surface area contributed by atoms with E-state index in [0.29, 0.717) is 0 Å². The smallest absolute Gasteiger partial charge is 0.0940 e. The van der Waals surface area contributed by atoms with Crippen molar-refractivity contribution in [3.8, 4) is 0 Å². The van der Waals surface area contributed by atoms with Gasteiger partial charge in [0.2, 0.25) is 0 Å². The Morgan fingerprint density at radius 2 is 2.23 bits per heavy atom. The third kappa shape index (κ3) is 1.75. The lowest BCUT2D eigenvalue weighted by Gasteiger charge is -2.01. The normalized spacial score (nSPS) is 11.0. The van der Waals surface area contributed by atoms with Gasteiger partial charge in [0.05, 0.1) is 4.34 Å². The molecule has 2 aromatic rings. The molecule has 2 rings (SSSR count). The van der Waals surface area contributed by atoms with Gasteiger partial charge in [-0.15, -0.1) is 24.0 Å². The first-order valence-electron chi connectivity index (χ1n) is 3.68. The molecule has 0 atom stereocenters. The fourth-order valence-corrected chi connectivity index (χ4v) is 3.85. The highest BCUT2D eigenvalue weighted by Crippen LogP contribution is 2.35. The van der Waals surface area contributed by atoms with Crippen LogP contribution in [0.5, 0.6) is 0 Å². The minimum atomic E-state index is 0.819. The van der Waals surface area contributed by atoms with Crippen LogP contribution in [0.3, 0.4) is 0 Å². The van der Waals surface area contributed by atoms with Crippen LogP contribution in [-0.4, -0.2) is 0 Å². The van der Waals surface area contributed by atoms with Crippen LogP contribution in [0.1, 0.15) is 5.56 Å². The van der Waals surface area contributed by atoms with Crippen molar-refractivity contribution < 1.29 is 0 Å². The van der Waals surface area contributed by atoms with E-state index in [4.69, 9.17) is 11.6 Å². The van der Waals surface area contributed by atoms with E-state index in [1.54, 1.807) is 11.3 Å². The summed E-state index contributed by atoms with van der Waals surface area (Å²) in [5.74, 6) is 0. The van der Waals surface area contributed by atoms with Crippen LogP contribution in [0.25, 0.3) is 10.1 Å². The van der Waals surface area contributed by atoms with Crippen molar-refractivity contribution in [3.05, 3.63) is 28.1 Å². The highest BCUT2D eigenvalue weighted by molar-refractivity contribution is 9.08. The number of rotatable bonds is 1. The zero-order valence-electron chi connectivity index (χ0n) is 6.55. The summed E-state index contributed by atoms with van der Waals surface area (Å²) in [6, 6.07) is 6.04. The van der Waals surface area contributed by atoms with E-state index in [1.165, 1.54) is 15.6 Å². The molecule has 1 heterocycles. The Kier molecular flexibility index (Phi) is 2.88. The molecular formula is C9H6BrClS2. The molecular weight excluding hydrogens is 288 g/mol. The maximum absolute atomic E-state index is 5.94. The van der Waals surface area contributed by atoms with E-state index in [9.17, 15) is 0 Å². The van der Waals surface area contributed by atoms with Gasteiger partial charge in [-0.3, -0.25) is 0 Å². The largest absolute Gasteiger partial charge is 0.143 e. The number of benzene rings is 1. The van der Waals surface area contributed by atoms with Crippen LogP contribution in [0.2, 0.25) is 4.34 Å². The summed E-state index contributed by atoms with van der Waals surface area (Å²) in [4.78, 5) is 1.02. The second kappa shape index (κ2) is 3.81. The summed E-state index contributed by atoms with van der Waals surface area (Å²) in [5.41, 5.74) is 1.22. The molecule has 1 aromatic heterocycles. The topological polar surface area (TPSA) is 0 Å². The lowest BCUT2D eigenvalue weighted by atomic mass is 10.2. The minimum Gasteiger partial charge on any atom is -0.143 e. The average molecular weight is 294 g/mol. The third-order valence-electron chi connectivity index (χ3n) is 1.87. The number of thiophene rings is 1. The van der Waals surface area contributed by atoms with Gasteiger partial charge in [-0.25, -0.2) is 0 Å². The molecule has 0 aliphatic rings. The van der Waals surface area contributed by atoms with Crippen molar-refractivity contribution >= 4 is 61.6 Å². The Balaban J connectivity index is 2.82. The molecule has 0 saturated heterocycles. The standard InChI is InChI=1S/C9H6BrClS2/c10-4-6-7(12)2-1-5-3-8(11)13-9(5)6/h1-3,12H,4H2. The zero-order valence-corrected chi connectivity index (χ0v) is 10.6. The van der Waals surface area contributed by atoms with Crippen molar-refractivity contribution in [1.82, 2.24) is 0 Å². The summed E-state index contributed by atoms with van der Waals surface area (Å²) in [6.45, 7) is 0. The average Bonchev–Trinajstić information content (AvgIpc) is 2.45. The molecule has 0 aliphatic carbocycles. The van der Waals surface area contributed by atoms with E-state index in [1.807, 2.05) is 18.2 Å². The van der Waals surface area contributed by atoms with E-state index >= 15 is 0 Å². The molecule has 0 unspecified atom stereocenters. The van der Waals surface area contributed by atoms with Gasteiger partial charge in [0.25, 0.3) is 0 Å². The second-order valence-electron chi connectivity index (χ2n) is 2.67. The number of fused-ring (bicyclic) bond motifs is 1. The fourth-order valence-electron chi connectivity index (χ4n) is 1.25. The zero-order chi connectivity index (χ0) is 9.42. The van der Waals surface area contributed by atoms with Crippen molar-refractivity contribution in [2.75, 3.05) is 0 Å². The summed E-state index contributed by atoms with van der Waals surface area (Å²) in [7, 11) is 0. The van der Waals surface area contributed by atoms with Gasteiger partial charge in [-0.2, -0.15) is 0 Å². The number of halogens is 2. The highest BCUT2D eigenvalue weighted by atomic mass is 79.9. The molecule has 13 heavy (non-hydrogen) atoms. The Bertz CT molecular complexity index is 450. The van der Waals surface area contributed by atoms with E-state index < -0.39 is 0 Å². The molecule has 4 heteroatoms. The van der Waals surface area contributed by atoms with Crippen LogP contribution in [0.4, 0.5) is 0 Å². The van der Waals surface area contributed by atoms with E-state index in [2.05, 4.69) is 28.6 Å². The van der Waals surface area contributed by atoms with Gasteiger partial charge in [0, 0.05) is 14.9 Å². The SMILES string of the molecule is Sc1ccc2cc(Cl)sc2c1CBr. The lowest BCUT2D eigenvalue weighted by molar-refractivity contribution is 1.34. The van der Waals surface area contributed by atoms with Gasteiger partial charge >= 0.3 is 0 Å². The molecule has 0 amide bonds. The first kappa shape index (κ1) is 9.84. The van der Waals surface area contributed by atoms with Gasteiger partial charge < -0.3 is 0 Å². The number of alkyl halides is 1. The summed E-state index contributed by atoms with van der Waals surface area (Å²) < 4.78 is 2.06. The van der Waals surface area contributed by atoms with Crippen LogP contribution < -0.4 is 0 Å². The quantitative estimate of drug-likeness (QED) is 0.570. The maximum atomic E-state index is 5.94. The predicted octanol–water partition coefficient (Wildman–Crippen LogP) is 4.74. The minimum absolute atomic E-state index is 0.819. The molecule has 0 fully saturated rings. The monoisotopic (exact) mass is 292 g/mol. The fraction of sp³-hybridized carbons (Fsp3) is 0.111. The van der Waals surface area contributed by atoms with Gasteiger partial charge in [-0.1, -0.05) is 33.6 Å². The van der Waals surface area contributed by atoms with Crippen LogP contribution in [-0.2, 0) is 5.33 Å². The van der Waals surface area contributed by atoms with Crippen molar-refractivity contribution in [3.63, 3.8) is 0 Å². The van der Waals surface area contributed by atoms with Crippen molar-refractivity contribution in [2.24, 2.45) is 0 Å². The predicted molar refractivity (Wildman–Crippen MR) is 66.7 cm³/mol.